The van der Waals surface area contributed by atoms with Crippen LogP contribution < -0.4 is 15.4 Å². The van der Waals surface area contributed by atoms with E-state index < -0.39 is 5.91 Å². The molecule has 8 heteroatoms. The predicted molar refractivity (Wildman–Crippen MR) is 102 cm³/mol. The molecule has 0 aliphatic rings. The summed E-state index contributed by atoms with van der Waals surface area (Å²) in [6, 6.07) is 11.3. The molecule has 3 rings (SSSR count). The normalized spacial score (nSPS) is 10.3. The van der Waals surface area contributed by atoms with Crippen molar-refractivity contribution in [3.63, 3.8) is 0 Å². The van der Waals surface area contributed by atoms with Gasteiger partial charge in [0.15, 0.2) is 0 Å². The number of aromatic nitrogens is 2. The fourth-order valence-electron chi connectivity index (χ4n) is 2.30. The molecule has 1 aromatic heterocycles. The maximum atomic E-state index is 13.6. The van der Waals surface area contributed by atoms with E-state index in [4.69, 9.17) is 16.3 Å². The highest BCUT2D eigenvalue weighted by Crippen LogP contribution is 2.27. The standard InChI is InChI=1S/C19H16ClFN4O2/c1-27-17-7-6-13(8-14(17)20)25-19(26)16-10-24-18(11-22-16)23-9-12-4-2-3-5-15(12)21/h2-8,10-11H,9H2,1H3,(H,23,24)(H,25,26). The molecule has 3 aromatic rings. The van der Waals surface area contributed by atoms with Crippen LogP contribution in [0.3, 0.4) is 0 Å². The number of hydrogen-bond donors (Lipinski definition) is 2. The van der Waals surface area contributed by atoms with E-state index in [0.29, 0.717) is 27.8 Å². The Morgan fingerprint density at radius 3 is 2.67 bits per heavy atom. The molecule has 0 saturated carbocycles. The number of methoxy groups -OCH3 is 1. The van der Waals surface area contributed by atoms with Gasteiger partial charge in [-0.15, -0.1) is 0 Å². The van der Waals surface area contributed by atoms with E-state index >= 15 is 0 Å². The maximum absolute atomic E-state index is 13.6. The molecular weight excluding hydrogens is 371 g/mol. The maximum Gasteiger partial charge on any atom is 0.275 e. The van der Waals surface area contributed by atoms with Gasteiger partial charge in [-0.1, -0.05) is 29.8 Å². The Bertz CT molecular complexity index is 951. The molecule has 0 bridgehead atoms. The fraction of sp³-hybridized carbons (Fsp3) is 0.105. The molecule has 0 saturated heterocycles. The quantitative estimate of drug-likeness (QED) is 0.665. The van der Waals surface area contributed by atoms with Gasteiger partial charge in [-0.05, 0) is 24.3 Å². The van der Waals surface area contributed by atoms with Gasteiger partial charge >= 0.3 is 0 Å². The van der Waals surface area contributed by atoms with Gasteiger partial charge < -0.3 is 15.4 Å². The third kappa shape index (κ3) is 4.71. The molecule has 0 spiro atoms. The summed E-state index contributed by atoms with van der Waals surface area (Å²) in [5, 5.41) is 6.03. The highest BCUT2D eigenvalue weighted by atomic mass is 35.5. The number of ether oxygens (including phenoxy) is 1. The first-order chi connectivity index (χ1) is 13.1. The van der Waals surface area contributed by atoms with E-state index in [1.165, 1.54) is 25.6 Å². The average molecular weight is 387 g/mol. The van der Waals surface area contributed by atoms with Crippen LogP contribution in [0.1, 0.15) is 16.1 Å². The number of rotatable bonds is 6. The van der Waals surface area contributed by atoms with Gasteiger partial charge in [0.05, 0.1) is 24.5 Å². The molecule has 0 atom stereocenters. The highest BCUT2D eigenvalue weighted by molar-refractivity contribution is 6.32. The molecule has 0 aliphatic heterocycles. The highest BCUT2D eigenvalue weighted by Gasteiger charge is 2.10. The SMILES string of the molecule is COc1ccc(NC(=O)c2cnc(NCc3ccccc3F)cn2)cc1Cl. The van der Waals surface area contributed by atoms with Crippen LogP contribution in [0.15, 0.2) is 54.9 Å². The first-order valence-electron chi connectivity index (χ1n) is 8.01. The van der Waals surface area contributed by atoms with Gasteiger partial charge in [-0.3, -0.25) is 4.79 Å². The van der Waals surface area contributed by atoms with Crippen LogP contribution in [0.5, 0.6) is 5.75 Å². The van der Waals surface area contributed by atoms with Crippen molar-refractivity contribution in [2.75, 3.05) is 17.7 Å². The van der Waals surface area contributed by atoms with E-state index in [0.717, 1.165) is 0 Å². The lowest BCUT2D eigenvalue weighted by molar-refractivity contribution is 0.102. The third-order valence-electron chi connectivity index (χ3n) is 3.71. The first-order valence-corrected chi connectivity index (χ1v) is 8.39. The molecule has 2 N–H and O–H groups in total. The van der Waals surface area contributed by atoms with Crippen LogP contribution >= 0.6 is 11.6 Å². The number of benzene rings is 2. The molecular formula is C19H16ClFN4O2. The Hall–Kier alpha value is -3.19. The van der Waals surface area contributed by atoms with Crippen LogP contribution in [0, 0.1) is 5.82 Å². The van der Waals surface area contributed by atoms with E-state index in [9.17, 15) is 9.18 Å². The summed E-state index contributed by atoms with van der Waals surface area (Å²) >= 11 is 6.04. The fourth-order valence-corrected chi connectivity index (χ4v) is 2.56. The van der Waals surface area contributed by atoms with Crippen LogP contribution in [-0.4, -0.2) is 23.0 Å². The minimum atomic E-state index is -0.426. The zero-order chi connectivity index (χ0) is 19.2. The summed E-state index contributed by atoms with van der Waals surface area (Å²) in [5.41, 5.74) is 1.16. The van der Waals surface area contributed by atoms with Crippen molar-refractivity contribution in [2.45, 2.75) is 6.54 Å². The van der Waals surface area contributed by atoms with Crippen LogP contribution in [-0.2, 0) is 6.54 Å². The van der Waals surface area contributed by atoms with Gasteiger partial charge in [0.1, 0.15) is 23.1 Å². The van der Waals surface area contributed by atoms with E-state index in [1.54, 1.807) is 36.4 Å². The van der Waals surface area contributed by atoms with Crippen LogP contribution in [0.25, 0.3) is 0 Å². The number of hydrogen-bond acceptors (Lipinski definition) is 5. The Morgan fingerprint density at radius 2 is 2.00 bits per heavy atom. The Labute approximate surface area is 160 Å². The molecule has 0 fully saturated rings. The topological polar surface area (TPSA) is 76.1 Å². The smallest absolute Gasteiger partial charge is 0.275 e. The number of carbonyl (C=O) groups excluding carboxylic acids is 1. The Balaban J connectivity index is 1.62. The Kier molecular flexibility index (Phi) is 5.83. The molecule has 0 aliphatic carbocycles. The second kappa shape index (κ2) is 8.46. The zero-order valence-electron chi connectivity index (χ0n) is 14.4. The second-order valence-electron chi connectivity index (χ2n) is 5.54. The lowest BCUT2D eigenvalue weighted by atomic mass is 10.2. The second-order valence-corrected chi connectivity index (χ2v) is 5.94. The van der Waals surface area contributed by atoms with Gasteiger partial charge in [0, 0.05) is 17.8 Å². The minimum Gasteiger partial charge on any atom is -0.495 e. The Morgan fingerprint density at radius 1 is 1.19 bits per heavy atom. The number of amides is 1. The first kappa shape index (κ1) is 18.6. The lowest BCUT2D eigenvalue weighted by Crippen LogP contribution is -2.14. The molecule has 2 aromatic carbocycles. The summed E-state index contributed by atoms with van der Waals surface area (Å²) in [6.45, 7) is 0.261. The number of nitrogens with zero attached hydrogens (tertiary/aromatic N) is 2. The average Bonchev–Trinajstić information content (AvgIpc) is 2.68. The summed E-state index contributed by atoms with van der Waals surface area (Å²) in [4.78, 5) is 20.5. The summed E-state index contributed by atoms with van der Waals surface area (Å²) in [6.07, 6.45) is 2.75. The number of halogens is 2. The molecule has 0 unspecified atom stereocenters. The van der Waals surface area contributed by atoms with Gasteiger partial charge in [0.2, 0.25) is 0 Å². The van der Waals surface area contributed by atoms with Crippen molar-refractivity contribution in [2.24, 2.45) is 0 Å². The van der Waals surface area contributed by atoms with Crippen molar-refractivity contribution in [3.05, 3.63) is 77.0 Å². The largest absolute Gasteiger partial charge is 0.495 e. The van der Waals surface area contributed by atoms with Crippen molar-refractivity contribution in [1.82, 2.24) is 9.97 Å². The van der Waals surface area contributed by atoms with Crippen molar-refractivity contribution in [1.29, 1.82) is 0 Å². The molecule has 1 amide bonds. The minimum absolute atomic E-state index is 0.137. The van der Waals surface area contributed by atoms with E-state index in [2.05, 4.69) is 20.6 Å². The summed E-state index contributed by atoms with van der Waals surface area (Å²) in [5.74, 6) is 0.221. The van der Waals surface area contributed by atoms with Gasteiger partial charge in [-0.25, -0.2) is 14.4 Å². The molecule has 6 nitrogen and oxygen atoms in total. The molecule has 1 heterocycles. The third-order valence-corrected chi connectivity index (χ3v) is 4.01. The molecule has 27 heavy (non-hydrogen) atoms. The molecule has 138 valence electrons. The number of nitrogens with one attached hydrogen (secondary N) is 2. The van der Waals surface area contributed by atoms with Crippen molar-refractivity contribution < 1.29 is 13.9 Å². The van der Waals surface area contributed by atoms with Gasteiger partial charge in [0.25, 0.3) is 5.91 Å². The predicted octanol–water partition coefficient (Wildman–Crippen LogP) is 4.14. The van der Waals surface area contributed by atoms with E-state index in [1.807, 2.05) is 0 Å². The number of carbonyl (C=O) groups is 1. The summed E-state index contributed by atoms with van der Waals surface area (Å²) in [7, 11) is 1.51. The van der Waals surface area contributed by atoms with Crippen LogP contribution in [0.4, 0.5) is 15.9 Å². The molecule has 0 radical (unpaired) electrons. The van der Waals surface area contributed by atoms with Crippen molar-refractivity contribution in [3.8, 4) is 5.75 Å². The summed E-state index contributed by atoms with van der Waals surface area (Å²) < 4.78 is 18.7. The lowest BCUT2D eigenvalue weighted by Gasteiger charge is -2.09. The van der Waals surface area contributed by atoms with Crippen molar-refractivity contribution >= 4 is 29.0 Å². The van der Waals surface area contributed by atoms with E-state index in [-0.39, 0.29) is 18.1 Å². The monoisotopic (exact) mass is 386 g/mol. The zero-order valence-corrected chi connectivity index (χ0v) is 15.1. The number of anilines is 2. The van der Waals surface area contributed by atoms with Gasteiger partial charge in [-0.2, -0.15) is 0 Å². The van der Waals surface area contributed by atoms with Crippen LogP contribution in [0.2, 0.25) is 5.02 Å².